The molecule has 2 amide bonds. The number of nitrogens with one attached hydrogen (secondary N) is 3. The van der Waals surface area contributed by atoms with Crippen LogP contribution in [-0.2, 0) is 17.8 Å². The Morgan fingerprint density at radius 1 is 1.30 bits per heavy atom. The fourth-order valence-electron chi connectivity index (χ4n) is 2.89. The van der Waals surface area contributed by atoms with Crippen LogP contribution in [0.15, 0.2) is 18.2 Å². The molecule has 1 fully saturated rings. The van der Waals surface area contributed by atoms with Crippen LogP contribution in [0.4, 0.5) is 0 Å². The van der Waals surface area contributed by atoms with Crippen molar-refractivity contribution >= 4 is 11.8 Å². The molecule has 1 saturated heterocycles. The van der Waals surface area contributed by atoms with Crippen LogP contribution in [0.25, 0.3) is 0 Å². The maximum absolute atomic E-state index is 12.4. The summed E-state index contributed by atoms with van der Waals surface area (Å²) in [5.41, 5.74) is 3.00. The Kier molecular flexibility index (Phi) is 3.69. The van der Waals surface area contributed by atoms with Gasteiger partial charge < -0.3 is 16.0 Å². The summed E-state index contributed by atoms with van der Waals surface area (Å²) in [4.78, 5) is 24.1. The van der Waals surface area contributed by atoms with Crippen LogP contribution in [0.5, 0.6) is 0 Å². The largest absolute Gasteiger partial charge is 0.354 e. The molecule has 3 rings (SSSR count). The minimum atomic E-state index is -0.395. The summed E-state index contributed by atoms with van der Waals surface area (Å²) in [6.07, 6.45) is 2.48. The lowest BCUT2D eigenvalue weighted by atomic mass is 9.94. The van der Waals surface area contributed by atoms with Gasteiger partial charge in [0.25, 0.3) is 5.91 Å². The fourth-order valence-corrected chi connectivity index (χ4v) is 2.89. The van der Waals surface area contributed by atoms with Gasteiger partial charge in [0.1, 0.15) is 6.04 Å². The first kappa shape index (κ1) is 13.1. The number of amides is 2. The van der Waals surface area contributed by atoms with Crippen LogP contribution >= 0.6 is 0 Å². The third-order valence-electron chi connectivity index (χ3n) is 3.98. The molecular formula is C15H19N3O2. The summed E-state index contributed by atoms with van der Waals surface area (Å²) >= 11 is 0. The lowest BCUT2D eigenvalue weighted by Gasteiger charge is -2.24. The Bertz CT molecular complexity index is 542. The summed E-state index contributed by atoms with van der Waals surface area (Å²) in [6, 6.07) is 5.40. The van der Waals surface area contributed by atoms with E-state index in [1.807, 2.05) is 18.2 Å². The molecule has 2 heterocycles. The Hall–Kier alpha value is -1.88. The van der Waals surface area contributed by atoms with Gasteiger partial charge in [0.15, 0.2) is 0 Å². The van der Waals surface area contributed by atoms with Crippen LogP contribution in [0.1, 0.15) is 34.3 Å². The second-order valence-corrected chi connectivity index (χ2v) is 5.33. The van der Waals surface area contributed by atoms with Crippen molar-refractivity contribution in [3.63, 3.8) is 0 Å². The van der Waals surface area contributed by atoms with E-state index in [0.29, 0.717) is 18.5 Å². The van der Waals surface area contributed by atoms with Crippen molar-refractivity contribution < 1.29 is 9.59 Å². The number of carbonyl (C=O) groups is 2. The summed E-state index contributed by atoms with van der Waals surface area (Å²) in [6.45, 7) is 2.40. The third-order valence-corrected chi connectivity index (χ3v) is 3.98. The average Bonchev–Trinajstić information content (AvgIpc) is 2.49. The highest BCUT2D eigenvalue weighted by molar-refractivity contribution is 5.99. The zero-order valence-corrected chi connectivity index (χ0v) is 11.4. The van der Waals surface area contributed by atoms with Gasteiger partial charge in [-0.05, 0) is 43.0 Å². The number of hydrogen-bond donors (Lipinski definition) is 3. The number of fused-ring (bicyclic) bond motifs is 1. The molecule has 106 valence electrons. The molecule has 1 aromatic carbocycles. The van der Waals surface area contributed by atoms with Gasteiger partial charge in [-0.1, -0.05) is 12.1 Å². The Morgan fingerprint density at radius 3 is 3.05 bits per heavy atom. The number of hydrogen-bond acceptors (Lipinski definition) is 3. The molecule has 2 aliphatic rings. The smallest absolute Gasteiger partial charge is 0.252 e. The molecule has 0 aromatic heterocycles. The zero-order valence-electron chi connectivity index (χ0n) is 11.4. The molecule has 2 aliphatic heterocycles. The maximum Gasteiger partial charge on any atom is 0.252 e. The molecule has 0 radical (unpaired) electrons. The van der Waals surface area contributed by atoms with E-state index in [4.69, 9.17) is 0 Å². The van der Waals surface area contributed by atoms with Crippen LogP contribution in [0.2, 0.25) is 0 Å². The van der Waals surface area contributed by atoms with E-state index in [1.54, 1.807) is 0 Å². The summed E-state index contributed by atoms with van der Waals surface area (Å²) in [5, 5.41) is 8.95. The van der Waals surface area contributed by atoms with Crippen LogP contribution in [0, 0.1) is 0 Å². The van der Waals surface area contributed by atoms with Crippen molar-refractivity contribution in [1.29, 1.82) is 0 Å². The van der Waals surface area contributed by atoms with Gasteiger partial charge in [-0.25, -0.2) is 0 Å². The SMILES string of the molecule is O=C(NC1CCCNC1=O)c1cccc2c1CCNC2. The zero-order chi connectivity index (χ0) is 13.9. The summed E-state index contributed by atoms with van der Waals surface area (Å²) < 4.78 is 0. The van der Waals surface area contributed by atoms with E-state index in [0.717, 1.165) is 31.5 Å². The predicted molar refractivity (Wildman–Crippen MR) is 75.4 cm³/mol. The summed E-state index contributed by atoms with van der Waals surface area (Å²) in [7, 11) is 0. The van der Waals surface area contributed by atoms with Crippen molar-refractivity contribution in [3.8, 4) is 0 Å². The number of rotatable bonds is 2. The molecule has 5 heteroatoms. The van der Waals surface area contributed by atoms with E-state index < -0.39 is 6.04 Å². The number of carbonyl (C=O) groups excluding carboxylic acids is 2. The number of benzene rings is 1. The highest BCUT2D eigenvalue weighted by Gasteiger charge is 2.25. The van der Waals surface area contributed by atoms with Gasteiger partial charge >= 0.3 is 0 Å². The normalized spacial score (nSPS) is 21.8. The molecule has 20 heavy (non-hydrogen) atoms. The van der Waals surface area contributed by atoms with Gasteiger partial charge in [-0.2, -0.15) is 0 Å². The Morgan fingerprint density at radius 2 is 2.20 bits per heavy atom. The number of piperidine rings is 1. The molecule has 1 aromatic rings. The molecule has 1 atom stereocenters. The Labute approximate surface area is 118 Å². The van der Waals surface area contributed by atoms with Gasteiger partial charge in [-0.3, -0.25) is 9.59 Å². The molecule has 0 aliphatic carbocycles. The monoisotopic (exact) mass is 273 g/mol. The fraction of sp³-hybridized carbons (Fsp3) is 0.467. The predicted octanol–water partition coefficient (Wildman–Crippen LogP) is 0.341. The third kappa shape index (κ3) is 2.54. The lowest BCUT2D eigenvalue weighted by molar-refractivity contribution is -0.124. The first-order valence-electron chi connectivity index (χ1n) is 7.16. The van der Waals surface area contributed by atoms with E-state index >= 15 is 0 Å². The van der Waals surface area contributed by atoms with Crippen LogP contribution in [0.3, 0.4) is 0 Å². The van der Waals surface area contributed by atoms with Crippen molar-refractivity contribution in [2.45, 2.75) is 31.8 Å². The minimum absolute atomic E-state index is 0.0731. The molecule has 0 bridgehead atoms. The van der Waals surface area contributed by atoms with Gasteiger partial charge in [0, 0.05) is 18.7 Å². The standard InChI is InChI=1S/C15H19N3O2/c19-14(18-13-5-2-7-17-15(13)20)12-4-1-3-10-9-16-8-6-11(10)12/h1,3-4,13,16H,2,5-9H2,(H,17,20)(H,18,19). The van der Waals surface area contributed by atoms with Crippen molar-refractivity contribution in [2.75, 3.05) is 13.1 Å². The van der Waals surface area contributed by atoms with Crippen molar-refractivity contribution in [1.82, 2.24) is 16.0 Å². The second kappa shape index (κ2) is 5.63. The van der Waals surface area contributed by atoms with E-state index in [2.05, 4.69) is 16.0 Å². The second-order valence-electron chi connectivity index (χ2n) is 5.33. The highest BCUT2D eigenvalue weighted by Crippen LogP contribution is 2.19. The minimum Gasteiger partial charge on any atom is -0.354 e. The Balaban J connectivity index is 1.78. The molecule has 3 N–H and O–H groups in total. The van der Waals surface area contributed by atoms with Crippen LogP contribution < -0.4 is 16.0 Å². The first-order valence-corrected chi connectivity index (χ1v) is 7.16. The molecule has 0 saturated carbocycles. The molecule has 0 spiro atoms. The van der Waals surface area contributed by atoms with E-state index in [1.165, 1.54) is 5.56 Å². The molecule has 1 unspecified atom stereocenters. The molecule has 5 nitrogen and oxygen atoms in total. The summed E-state index contributed by atoms with van der Waals surface area (Å²) in [5.74, 6) is -0.207. The van der Waals surface area contributed by atoms with Gasteiger partial charge in [0.05, 0.1) is 0 Å². The maximum atomic E-state index is 12.4. The quantitative estimate of drug-likeness (QED) is 0.728. The van der Waals surface area contributed by atoms with Crippen molar-refractivity contribution in [2.24, 2.45) is 0 Å². The first-order chi connectivity index (χ1) is 9.75. The average molecular weight is 273 g/mol. The van der Waals surface area contributed by atoms with Crippen molar-refractivity contribution in [3.05, 3.63) is 34.9 Å². The molecular weight excluding hydrogens is 254 g/mol. The topological polar surface area (TPSA) is 70.2 Å². The van der Waals surface area contributed by atoms with E-state index in [9.17, 15) is 9.59 Å². The highest BCUT2D eigenvalue weighted by atomic mass is 16.2. The van der Waals surface area contributed by atoms with Gasteiger partial charge in [-0.15, -0.1) is 0 Å². The van der Waals surface area contributed by atoms with Crippen LogP contribution in [-0.4, -0.2) is 30.9 Å². The van der Waals surface area contributed by atoms with E-state index in [-0.39, 0.29) is 11.8 Å². The lowest BCUT2D eigenvalue weighted by Crippen LogP contribution is -2.50. The van der Waals surface area contributed by atoms with Gasteiger partial charge in [0.2, 0.25) is 5.91 Å².